The van der Waals surface area contributed by atoms with Crippen molar-refractivity contribution < 1.29 is 24.1 Å². The average Bonchev–Trinajstić information content (AvgIpc) is 2.59. The molecule has 0 aliphatic carbocycles. The van der Waals surface area contributed by atoms with Crippen molar-refractivity contribution in [1.29, 1.82) is 0 Å². The minimum absolute atomic E-state index is 0.0174. The monoisotopic (exact) mass is 398 g/mol. The smallest absolute Gasteiger partial charge is 0.193 e. The molecule has 0 bridgehead atoms. The van der Waals surface area contributed by atoms with Crippen LogP contribution in [0.15, 0.2) is 42.5 Å². The van der Waals surface area contributed by atoms with Crippen molar-refractivity contribution in [2.45, 2.75) is 59.9 Å². The summed E-state index contributed by atoms with van der Waals surface area (Å²) < 4.78 is 17.2. The lowest BCUT2D eigenvalue weighted by molar-refractivity contribution is 0.103. The summed E-state index contributed by atoms with van der Waals surface area (Å²) in [5.41, 5.74) is 0.883. The molecular weight excluding hydrogens is 368 g/mol. The molecule has 0 aliphatic rings. The summed E-state index contributed by atoms with van der Waals surface area (Å²) >= 11 is 0. The lowest BCUT2D eigenvalue weighted by Crippen LogP contribution is -2.11. The molecule has 29 heavy (non-hydrogen) atoms. The molecule has 0 aromatic heterocycles. The largest absolute Gasteiger partial charge is 0.507 e. The van der Waals surface area contributed by atoms with Crippen LogP contribution in [-0.2, 0) is 0 Å². The number of hydrogen-bond acceptors (Lipinski definition) is 5. The van der Waals surface area contributed by atoms with Gasteiger partial charge >= 0.3 is 0 Å². The number of hydrogen-bond donors (Lipinski definition) is 1. The number of aromatic hydroxyl groups is 1. The fourth-order valence-electron chi connectivity index (χ4n) is 2.74. The molecule has 0 spiro atoms. The molecule has 1 N–H and O–H groups in total. The molecule has 2 aromatic carbocycles. The van der Waals surface area contributed by atoms with Crippen LogP contribution in [0.3, 0.4) is 0 Å². The maximum absolute atomic E-state index is 12.9. The first-order valence-electron chi connectivity index (χ1n) is 9.85. The van der Waals surface area contributed by atoms with E-state index in [1.165, 1.54) is 12.1 Å². The van der Waals surface area contributed by atoms with Gasteiger partial charge in [0.25, 0.3) is 0 Å². The van der Waals surface area contributed by atoms with Gasteiger partial charge in [0.05, 0.1) is 18.3 Å². The number of allylic oxidation sites excluding steroid dienone is 1. The summed E-state index contributed by atoms with van der Waals surface area (Å²) in [7, 11) is 0. The van der Waals surface area contributed by atoms with Crippen molar-refractivity contribution in [2.24, 2.45) is 0 Å². The number of ketones is 1. The standard InChI is InChI=1S/C24H30O5/c1-15(2)27-19-13-21(26)24(23(14-19)29-17(5)6)20(25)12-11-18-9-7-8-10-22(18)28-16(3)4/h7-17,26H,1-6H3. The van der Waals surface area contributed by atoms with Gasteiger partial charge in [-0.2, -0.15) is 0 Å². The fraction of sp³-hybridized carbons (Fsp3) is 0.375. The third-order valence-electron chi connectivity index (χ3n) is 3.73. The molecule has 0 unspecified atom stereocenters. The van der Waals surface area contributed by atoms with Crippen LogP contribution in [0.5, 0.6) is 23.0 Å². The molecule has 0 heterocycles. The van der Waals surface area contributed by atoms with Crippen molar-refractivity contribution in [3.05, 3.63) is 53.6 Å². The second kappa shape index (κ2) is 10.0. The van der Waals surface area contributed by atoms with E-state index < -0.39 is 0 Å². The van der Waals surface area contributed by atoms with Crippen molar-refractivity contribution >= 4 is 11.9 Å². The molecule has 0 amide bonds. The van der Waals surface area contributed by atoms with Crippen LogP contribution in [0, 0.1) is 0 Å². The van der Waals surface area contributed by atoms with Gasteiger partial charge in [-0.15, -0.1) is 0 Å². The molecule has 0 saturated carbocycles. The number of para-hydroxylation sites is 1. The molecule has 0 fully saturated rings. The van der Waals surface area contributed by atoms with Gasteiger partial charge in [0, 0.05) is 17.7 Å². The topological polar surface area (TPSA) is 65.0 Å². The summed E-state index contributed by atoms with van der Waals surface area (Å²) in [5.74, 6) is 0.880. The van der Waals surface area contributed by atoms with Crippen molar-refractivity contribution in [3.8, 4) is 23.0 Å². The molecule has 5 nitrogen and oxygen atoms in total. The first kappa shape index (κ1) is 22.3. The van der Waals surface area contributed by atoms with E-state index in [0.29, 0.717) is 11.5 Å². The van der Waals surface area contributed by atoms with Gasteiger partial charge in [-0.05, 0) is 59.8 Å². The summed E-state index contributed by atoms with van der Waals surface area (Å²) in [6.07, 6.45) is 2.87. The molecule has 2 rings (SSSR count). The van der Waals surface area contributed by atoms with Crippen LogP contribution in [0.25, 0.3) is 6.08 Å². The zero-order chi connectivity index (χ0) is 21.6. The van der Waals surface area contributed by atoms with Gasteiger partial charge in [0.2, 0.25) is 0 Å². The lowest BCUT2D eigenvalue weighted by Gasteiger charge is -2.17. The maximum Gasteiger partial charge on any atom is 0.193 e. The zero-order valence-corrected chi connectivity index (χ0v) is 17.9. The maximum atomic E-state index is 12.9. The summed E-state index contributed by atoms with van der Waals surface area (Å²) in [5, 5.41) is 10.5. The highest BCUT2D eigenvalue weighted by atomic mass is 16.5. The Balaban J connectivity index is 2.38. The number of phenolic OH excluding ortho intramolecular Hbond substituents is 1. The Kier molecular flexibility index (Phi) is 7.71. The highest BCUT2D eigenvalue weighted by Gasteiger charge is 2.19. The Labute approximate surface area is 172 Å². The minimum atomic E-state index is -0.367. The van der Waals surface area contributed by atoms with Crippen LogP contribution in [0.2, 0.25) is 0 Å². The predicted octanol–water partition coefficient (Wildman–Crippen LogP) is 5.65. The van der Waals surface area contributed by atoms with E-state index in [2.05, 4.69) is 0 Å². The summed E-state index contributed by atoms with van der Waals surface area (Å²) in [6.45, 7) is 11.4. The highest BCUT2D eigenvalue weighted by Crippen LogP contribution is 2.35. The normalized spacial score (nSPS) is 11.5. The molecule has 156 valence electrons. The molecule has 0 aliphatic heterocycles. The number of phenols is 1. The van der Waals surface area contributed by atoms with E-state index in [9.17, 15) is 9.90 Å². The third-order valence-corrected chi connectivity index (χ3v) is 3.73. The quantitative estimate of drug-likeness (QED) is 0.437. The Bertz CT molecular complexity index is 866. The van der Waals surface area contributed by atoms with Gasteiger partial charge in [-0.1, -0.05) is 18.2 Å². The van der Waals surface area contributed by atoms with Gasteiger partial charge in [-0.25, -0.2) is 0 Å². The van der Waals surface area contributed by atoms with E-state index >= 15 is 0 Å². The van der Waals surface area contributed by atoms with Crippen LogP contribution in [0.4, 0.5) is 0 Å². The summed E-state index contributed by atoms with van der Waals surface area (Å²) in [6, 6.07) is 10.5. The molecule has 0 saturated heterocycles. The highest BCUT2D eigenvalue weighted by molar-refractivity contribution is 6.10. The fourth-order valence-corrected chi connectivity index (χ4v) is 2.74. The van der Waals surface area contributed by atoms with Crippen LogP contribution >= 0.6 is 0 Å². The Hall–Kier alpha value is -2.95. The second-order valence-corrected chi connectivity index (χ2v) is 7.55. The van der Waals surface area contributed by atoms with Gasteiger partial charge < -0.3 is 19.3 Å². The van der Waals surface area contributed by atoms with E-state index in [1.807, 2.05) is 65.8 Å². The Morgan fingerprint density at radius 3 is 2.07 bits per heavy atom. The molecular formula is C24H30O5. The van der Waals surface area contributed by atoms with E-state index in [-0.39, 0.29) is 41.2 Å². The van der Waals surface area contributed by atoms with Crippen molar-refractivity contribution in [3.63, 3.8) is 0 Å². The van der Waals surface area contributed by atoms with Gasteiger partial charge in [0.15, 0.2) is 5.78 Å². The van der Waals surface area contributed by atoms with Crippen LogP contribution in [0.1, 0.15) is 57.5 Å². The minimum Gasteiger partial charge on any atom is -0.507 e. The Morgan fingerprint density at radius 2 is 1.45 bits per heavy atom. The Morgan fingerprint density at radius 1 is 0.862 bits per heavy atom. The predicted molar refractivity (Wildman–Crippen MR) is 115 cm³/mol. The molecule has 0 radical (unpaired) electrons. The van der Waals surface area contributed by atoms with E-state index in [4.69, 9.17) is 14.2 Å². The van der Waals surface area contributed by atoms with Gasteiger partial charge in [0.1, 0.15) is 28.6 Å². The number of rotatable bonds is 9. The van der Waals surface area contributed by atoms with Crippen molar-refractivity contribution in [2.75, 3.05) is 0 Å². The first-order chi connectivity index (χ1) is 13.7. The number of carbonyl (C=O) groups is 1. The number of benzene rings is 2. The van der Waals surface area contributed by atoms with E-state index in [0.717, 1.165) is 5.56 Å². The summed E-state index contributed by atoms with van der Waals surface area (Å²) in [4.78, 5) is 12.9. The zero-order valence-electron chi connectivity index (χ0n) is 17.9. The number of ether oxygens (including phenoxy) is 3. The van der Waals surface area contributed by atoms with Gasteiger partial charge in [-0.3, -0.25) is 4.79 Å². The SMILES string of the molecule is CC(C)Oc1cc(O)c(C(=O)C=Cc2ccccc2OC(C)C)c(OC(C)C)c1. The van der Waals surface area contributed by atoms with E-state index in [1.54, 1.807) is 12.1 Å². The third kappa shape index (κ3) is 6.56. The molecule has 0 atom stereocenters. The average molecular weight is 398 g/mol. The lowest BCUT2D eigenvalue weighted by atomic mass is 10.1. The van der Waals surface area contributed by atoms with Crippen LogP contribution in [-0.4, -0.2) is 29.2 Å². The van der Waals surface area contributed by atoms with Crippen LogP contribution < -0.4 is 14.2 Å². The van der Waals surface area contributed by atoms with Crippen molar-refractivity contribution in [1.82, 2.24) is 0 Å². The molecule has 2 aromatic rings. The first-order valence-corrected chi connectivity index (χ1v) is 9.85. The molecule has 5 heteroatoms. The second-order valence-electron chi connectivity index (χ2n) is 7.55. The number of carbonyl (C=O) groups excluding carboxylic acids is 1.